The summed E-state index contributed by atoms with van der Waals surface area (Å²) in [6.45, 7) is -0.535. The maximum absolute atomic E-state index is 10.3. The van der Waals surface area contributed by atoms with Gasteiger partial charge in [-0.15, -0.1) is 0 Å². The highest BCUT2D eigenvalue weighted by Gasteiger charge is 2.09. The molecule has 0 saturated carbocycles. The van der Waals surface area contributed by atoms with Crippen LogP contribution in [0.15, 0.2) is 12.1 Å². The number of hydrogen-bond acceptors (Lipinski definition) is 3. The van der Waals surface area contributed by atoms with Crippen LogP contribution in [-0.2, 0) is 4.79 Å². The van der Waals surface area contributed by atoms with Crippen molar-refractivity contribution in [2.45, 2.75) is 0 Å². The van der Waals surface area contributed by atoms with Gasteiger partial charge in [0.05, 0.1) is 15.6 Å². The van der Waals surface area contributed by atoms with E-state index in [0.29, 0.717) is 0 Å². The standard InChI is InChI=1S/C9H5Cl2NO3/c10-6-1-5(3-12)8(2-7(6)11)15-4-9(13)14/h1-2H,4H2,(H,13,14). The van der Waals surface area contributed by atoms with Crippen LogP contribution < -0.4 is 4.74 Å². The number of carboxylic acid groups (broad SMARTS) is 1. The maximum atomic E-state index is 10.3. The second-order valence-electron chi connectivity index (χ2n) is 2.56. The number of rotatable bonds is 3. The van der Waals surface area contributed by atoms with Gasteiger partial charge >= 0.3 is 5.97 Å². The molecule has 6 heteroatoms. The number of nitrogens with zero attached hydrogens (tertiary/aromatic N) is 1. The van der Waals surface area contributed by atoms with Gasteiger partial charge in [0, 0.05) is 6.07 Å². The van der Waals surface area contributed by atoms with Gasteiger partial charge in [-0.3, -0.25) is 0 Å². The van der Waals surface area contributed by atoms with Crippen molar-refractivity contribution in [3.8, 4) is 11.8 Å². The molecule has 1 aromatic rings. The fourth-order valence-corrected chi connectivity index (χ4v) is 1.19. The highest BCUT2D eigenvalue weighted by Crippen LogP contribution is 2.30. The summed E-state index contributed by atoms with van der Waals surface area (Å²) in [5.74, 6) is -1.03. The second-order valence-corrected chi connectivity index (χ2v) is 3.37. The molecular formula is C9H5Cl2NO3. The quantitative estimate of drug-likeness (QED) is 0.888. The zero-order chi connectivity index (χ0) is 11.4. The van der Waals surface area contributed by atoms with E-state index in [-0.39, 0.29) is 21.4 Å². The number of aliphatic carboxylic acids is 1. The van der Waals surface area contributed by atoms with E-state index in [9.17, 15) is 4.79 Å². The summed E-state index contributed by atoms with van der Waals surface area (Å²) in [4.78, 5) is 10.3. The van der Waals surface area contributed by atoms with Crippen molar-refractivity contribution in [1.29, 1.82) is 5.26 Å². The third kappa shape index (κ3) is 3.01. The normalized spacial score (nSPS) is 9.40. The molecule has 0 spiro atoms. The van der Waals surface area contributed by atoms with Crippen molar-refractivity contribution in [3.05, 3.63) is 27.7 Å². The Morgan fingerprint density at radius 1 is 1.47 bits per heavy atom. The van der Waals surface area contributed by atoms with Gasteiger partial charge < -0.3 is 9.84 Å². The van der Waals surface area contributed by atoms with Crippen LogP contribution in [0.1, 0.15) is 5.56 Å². The fraction of sp³-hybridized carbons (Fsp3) is 0.111. The fourth-order valence-electron chi connectivity index (χ4n) is 0.875. The van der Waals surface area contributed by atoms with Crippen molar-refractivity contribution >= 4 is 29.2 Å². The van der Waals surface area contributed by atoms with Gasteiger partial charge in [0.15, 0.2) is 6.61 Å². The van der Waals surface area contributed by atoms with Crippen molar-refractivity contribution in [2.24, 2.45) is 0 Å². The van der Waals surface area contributed by atoms with E-state index < -0.39 is 12.6 Å². The number of halogens is 2. The lowest BCUT2D eigenvalue weighted by Crippen LogP contribution is -2.10. The Bertz CT molecular complexity index is 440. The van der Waals surface area contributed by atoms with Gasteiger partial charge in [-0.2, -0.15) is 5.26 Å². The molecule has 0 saturated heterocycles. The van der Waals surface area contributed by atoms with Gasteiger partial charge in [-0.1, -0.05) is 23.2 Å². The Labute approximate surface area is 95.6 Å². The first-order valence-corrected chi connectivity index (χ1v) is 4.54. The number of benzene rings is 1. The van der Waals surface area contributed by atoms with Crippen molar-refractivity contribution in [3.63, 3.8) is 0 Å². The predicted molar refractivity (Wildman–Crippen MR) is 54.3 cm³/mol. The summed E-state index contributed by atoms with van der Waals surface area (Å²) in [5.41, 5.74) is 0.144. The molecular weight excluding hydrogens is 241 g/mol. The first-order valence-electron chi connectivity index (χ1n) is 3.78. The van der Waals surface area contributed by atoms with Gasteiger partial charge in [0.25, 0.3) is 0 Å². The summed E-state index contributed by atoms with van der Waals surface area (Å²) in [6.07, 6.45) is 0. The van der Waals surface area contributed by atoms with Crippen molar-refractivity contribution in [1.82, 2.24) is 0 Å². The molecule has 1 aromatic carbocycles. The molecule has 4 nitrogen and oxygen atoms in total. The molecule has 0 heterocycles. The average Bonchev–Trinajstić information content (AvgIpc) is 2.19. The molecule has 1 N–H and O–H groups in total. The largest absolute Gasteiger partial charge is 0.480 e. The van der Waals surface area contributed by atoms with E-state index in [1.165, 1.54) is 12.1 Å². The number of carboxylic acids is 1. The second kappa shape index (κ2) is 4.87. The molecule has 0 aliphatic carbocycles. The summed E-state index contributed by atoms with van der Waals surface area (Å²) in [7, 11) is 0. The van der Waals surface area contributed by atoms with Gasteiger partial charge in [0.1, 0.15) is 11.8 Å². The number of hydrogen-bond donors (Lipinski definition) is 1. The van der Waals surface area contributed by atoms with E-state index in [1.54, 1.807) is 0 Å². The van der Waals surface area contributed by atoms with Crippen LogP contribution in [0.2, 0.25) is 10.0 Å². The first-order chi connectivity index (χ1) is 7.04. The Balaban J connectivity index is 3.01. The predicted octanol–water partition coefficient (Wildman–Crippen LogP) is 2.33. The van der Waals surface area contributed by atoms with Crippen LogP contribution in [0.3, 0.4) is 0 Å². The SMILES string of the molecule is N#Cc1cc(Cl)c(Cl)cc1OCC(=O)O. The van der Waals surface area contributed by atoms with E-state index >= 15 is 0 Å². The molecule has 0 amide bonds. The lowest BCUT2D eigenvalue weighted by atomic mass is 10.2. The maximum Gasteiger partial charge on any atom is 0.341 e. The van der Waals surface area contributed by atoms with Crippen LogP contribution >= 0.6 is 23.2 Å². The zero-order valence-corrected chi connectivity index (χ0v) is 8.84. The third-order valence-electron chi connectivity index (χ3n) is 1.49. The van der Waals surface area contributed by atoms with Crippen LogP contribution in [0, 0.1) is 11.3 Å². The molecule has 0 unspecified atom stereocenters. The highest BCUT2D eigenvalue weighted by molar-refractivity contribution is 6.42. The minimum Gasteiger partial charge on any atom is -0.480 e. The third-order valence-corrected chi connectivity index (χ3v) is 2.22. The smallest absolute Gasteiger partial charge is 0.341 e. The lowest BCUT2D eigenvalue weighted by molar-refractivity contribution is -0.139. The first kappa shape index (κ1) is 11.6. The summed E-state index contributed by atoms with van der Waals surface area (Å²) >= 11 is 11.4. The molecule has 15 heavy (non-hydrogen) atoms. The van der Waals surface area contributed by atoms with Gasteiger partial charge in [0.2, 0.25) is 0 Å². The molecule has 0 bridgehead atoms. The molecule has 0 aliphatic rings. The van der Waals surface area contributed by atoms with Crippen LogP contribution in [0.4, 0.5) is 0 Å². The number of carbonyl (C=O) groups is 1. The summed E-state index contributed by atoms with van der Waals surface area (Å²) < 4.78 is 4.86. The minimum absolute atomic E-state index is 0.106. The Morgan fingerprint density at radius 2 is 2.07 bits per heavy atom. The summed E-state index contributed by atoms with van der Waals surface area (Å²) in [5, 5.41) is 17.5. The molecule has 78 valence electrons. The van der Waals surface area contributed by atoms with E-state index in [4.69, 9.17) is 38.3 Å². The van der Waals surface area contributed by atoms with Crippen LogP contribution in [-0.4, -0.2) is 17.7 Å². The minimum atomic E-state index is -1.13. The van der Waals surface area contributed by atoms with E-state index in [1.807, 2.05) is 6.07 Å². The van der Waals surface area contributed by atoms with Crippen molar-refractivity contribution < 1.29 is 14.6 Å². The lowest BCUT2D eigenvalue weighted by Gasteiger charge is -2.06. The monoisotopic (exact) mass is 245 g/mol. The number of ether oxygens (including phenoxy) is 1. The highest BCUT2D eigenvalue weighted by atomic mass is 35.5. The Hall–Kier alpha value is -1.44. The van der Waals surface area contributed by atoms with Crippen LogP contribution in [0.5, 0.6) is 5.75 Å². The van der Waals surface area contributed by atoms with Gasteiger partial charge in [-0.25, -0.2) is 4.79 Å². The van der Waals surface area contributed by atoms with Gasteiger partial charge in [-0.05, 0) is 6.07 Å². The topological polar surface area (TPSA) is 70.3 Å². The van der Waals surface area contributed by atoms with E-state index in [2.05, 4.69) is 0 Å². The van der Waals surface area contributed by atoms with E-state index in [0.717, 1.165) is 0 Å². The molecule has 0 atom stereocenters. The molecule has 0 fully saturated rings. The zero-order valence-electron chi connectivity index (χ0n) is 7.33. The van der Waals surface area contributed by atoms with Crippen LogP contribution in [0.25, 0.3) is 0 Å². The molecule has 0 aliphatic heterocycles. The Kier molecular flexibility index (Phi) is 3.78. The average molecular weight is 246 g/mol. The summed E-state index contributed by atoms with van der Waals surface area (Å²) in [6, 6.07) is 4.46. The molecule has 1 rings (SSSR count). The molecule has 0 radical (unpaired) electrons. The Morgan fingerprint density at radius 3 is 2.60 bits per heavy atom. The number of nitriles is 1. The molecule has 0 aromatic heterocycles. The van der Waals surface area contributed by atoms with Crippen molar-refractivity contribution in [2.75, 3.05) is 6.61 Å².